The largest absolute Gasteiger partial charge is 0.481 e. The van der Waals surface area contributed by atoms with Crippen LogP contribution in [0.5, 0.6) is 0 Å². The van der Waals surface area contributed by atoms with Crippen LogP contribution >= 0.6 is 0 Å². The molecule has 2 N–H and O–H groups in total. The van der Waals surface area contributed by atoms with Gasteiger partial charge in [0, 0.05) is 6.42 Å². The van der Waals surface area contributed by atoms with Crippen LogP contribution < -0.4 is 0 Å². The molecular formula is C7H11N3O2. The highest BCUT2D eigenvalue weighted by atomic mass is 16.4. The third-order valence-electron chi connectivity index (χ3n) is 1.65. The van der Waals surface area contributed by atoms with Gasteiger partial charge in [0.1, 0.15) is 12.2 Å². The second-order valence-corrected chi connectivity index (χ2v) is 3.30. The van der Waals surface area contributed by atoms with Gasteiger partial charge in [-0.1, -0.05) is 0 Å². The fourth-order valence-electron chi connectivity index (χ4n) is 0.810. The molecule has 1 rings (SSSR count). The van der Waals surface area contributed by atoms with Crippen molar-refractivity contribution in [3.63, 3.8) is 0 Å². The summed E-state index contributed by atoms with van der Waals surface area (Å²) in [6.07, 6.45) is 1.73. The Morgan fingerprint density at radius 2 is 2.42 bits per heavy atom. The van der Waals surface area contributed by atoms with E-state index in [4.69, 9.17) is 5.11 Å². The molecule has 1 heterocycles. The zero-order chi connectivity index (χ0) is 9.19. The van der Waals surface area contributed by atoms with Crippen LogP contribution in [0.3, 0.4) is 0 Å². The van der Waals surface area contributed by atoms with Gasteiger partial charge >= 0.3 is 5.97 Å². The maximum absolute atomic E-state index is 10.7. The van der Waals surface area contributed by atoms with E-state index in [1.54, 1.807) is 13.8 Å². The Morgan fingerprint density at radius 3 is 2.83 bits per heavy atom. The molecule has 5 nitrogen and oxygen atoms in total. The van der Waals surface area contributed by atoms with Crippen molar-refractivity contribution in [2.75, 3.05) is 0 Å². The molecule has 0 saturated heterocycles. The van der Waals surface area contributed by atoms with Gasteiger partial charge in [0.25, 0.3) is 0 Å². The number of rotatable bonds is 3. The average molecular weight is 169 g/mol. The van der Waals surface area contributed by atoms with E-state index in [-0.39, 0.29) is 0 Å². The lowest BCUT2D eigenvalue weighted by Gasteiger charge is -2.16. The van der Waals surface area contributed by atoms with Crippen molar-refractivity contribution in [3.8, 4) is 0 Å². The maximum atomic E-state index is 10.7. The van der Waals surface area contributed by atoms with E-state index in [1.807, 2.05) is 0 Å². The number of aromatic amines is 1. The van der Waals surface area contributed by atoms with Crippen molar-refractivity contribution in [1.29, 1.82) is 0 Å². The van der Waals surface area contributed by atoms with Gasteiger partial charge in [-0.2, -0.15) is 5.10 Å². The minimum atomic E-state index is -0.834. The zero-order valence-corrected chi connectivity index (χ0v) is 7.03. The van der Waals surface area contributed by atoms with Crippen LogP contribution in [0.1, 0.15) is 19.7 Å². The molecule has 0 radical (unpaired) electrons. The minimum Gasteiger partial charge on any atom is -0.481 e. The smallest absolute Gasteiger partial charge is 0.309 e. The molecule has 0 bridgehead atoms. The predicted octanol–water partition coefficient (Wildman–Crippen LogP) is 0.458. The van der Waals surface area contributed by atoms with Crippen molar-refractivity contribution >= 4 is 5.97 Å². The summed E-state index contributed by atoms with van der Waals surface area (Å²) in [7, 11) is 0. The third-order valence-corrected chi connectivity index (χ3v) is 1.65. The molecule has 0 aliphatic rings. The fourth-order valence-corrected chi connectivity index (χ4v) is 0.810. The second-order valence-electron chi connectivity index (χ2n) is 3.30. The molecule has 0 aliphatic heterocycles. The quantitative estimate of drug-likeness (QED) is 0.688. The molecule has 0 spiro atoms. The van der Waals surface area contributed by atoms with Crippen LogP contribution in [0, 0.1) is 5.41 Å². The fraction of sp³-hybridized carbons (Fsp3) is 0.571. The molecule has 1 aromatic heterocycles. The molecule has 66 valence electrons. The van der Waals surface area contributed by atoms with Crippen molar-refractivity contribution in [2.45, 2.75) is 20.3 Å². The van der Waals surface area contributed by atoms with E-state index in [1.165, 1.54) is 6.33 Å². The Labute approximate surface area is 69.8 Å². The highest BCUT2D eigenvalue weighted by Gasteiger charge is 2.28. The standard InChI is InChI=1S/C7H11N3O2/c1-7(2,6(11)12)3-5-8-4-9-10-5/h4H,3H2,1-2H3,(H,11,12)(H,8,9,10). The van der Waals surface area contributed by atoms with Crippen molar-refractivity contribution in [2.24, 2.45) is 5.41 Å². The summed E-state index contributed by atoms with van der Waals surface area (Å²) in [4.78, 5) is 14.5. The predicted molar refractivity (Wildman–Crippen MR) is 41.5 cm³/mol. The van der Waals surface area contributed by atoms with E-state index in [2.05, 4.69) is 15.2 Å². The normalized spacial score (nSPS) is 11.5. The molecule has 0 aliphatic carbocycles. The van der Waals surface area contributed by atoms with E-state index in [9.17, 15) is 4.79 Å². The lowest BCUT2D eigenvalue weighted by molar-refractivity contribution is -0.146. The first kappa shape index (κ1) is 8.70. The topological polar surface area (TPSA) is 78.9 Å². The first-order valence-corrected chi connectivity index (χ1v) is 3.60. The van der Waals surface area contributed by atoms with Gasteiger partial charge in [-0.05, 0) is 13.8 Å². The molecular weight excluding hydrogens is 158 g/mol. The monoisotopic (exact) mass is 169 g/mol. The Morgan fingerprint density at radius 1 is 1.75 bits per heavy atom. The van der Waals surface area contributed by atoms with Crippen LogP contribution in [0.2, 0.25) is 0 Å². The molecule has 0 atom stereocenters. The van der Waals surface area contributed by atoms with E-state index in [0.717, 1.165) is 0 Å². The van der Waals surface area contributed by atoms with Gasteiger partial charge in [-0.25, -0.2) is 4.98 Å². The Kier molecular flexibility index (Phi) is 2.12. The zero-order valence-electron chi connectivity index (χ0n) is 7.03. The van der Waals surface area contributed by atoms with Crippen LogP contribution in [0.25, 0.3) is 0 Å². The summed E-state index contributed by atoms with van der Waals surface area (Å²) >= 11 is 0. The number of hydrogen-bond acceptors (Lipinski definition) is 3. The Hall–Kier alpha value is -1.39. The molecule has 0 unspecified atom stereocenters. The van der Waals surface area contributed by atoms with E-state index in [0.29, 0.717) is 12.2 Å². The SMILES string of the molecule is CC(C)(Cc1ncn[nH]1)C(=O)O. The highest BCUT2D eigenvalue weighted by Crippen LogP contribution is 2.19. The van der Waals surface area contributed by atoms with Crippen LogP contribution in [0.4, 0.5) is 0 Å². The lowest BCUT2D eigenvalue weighted by atomic mass is 9.89. The lowest BCUT2D eigenvalue weighted by Crippen LogP contribution is -2.26. The first-order valence-electron chi connectivity index (χ1n) is 3.60. The number of hydrogen-bond donors (Lipinski definition) is 2. The van der Waals surface area contributed by atoms with Crippen LogP contribution in [0.15, 0.2) is 6.33 Å². The Bertz CT molecular complexity index is 266. The number of carboxylic acid groups (broad SMARTS) is 1. The number of carbonyl (C=O) groups is 1. The third kappa shape index (κ3) is 1.81. The van der Waals surface area contributed by atoms with Gasteiger partial charge in [0.05, 0.1) is 5.41 Å². The van der Waals surface area contributed by atoms with Crippen molar-refractivity contribution in [1.82, 2.24) is 15.2 Å². The summed E-state index contributed by atoms with van der Waals surface area (Å²) < 4.78 is 0. The second kappa shape index (κ2) is 2.92. The van der Waals surface area contributed by atoms with Crippen molar-refractivity contribution in [3.05, 3.63) is 12.2 Å². The number of carboxylic acids is 1. The number of nitrogens with zero attached hydrogens (tertiary/aromatic N) is 2. The van der Waals surface area contributed by atoms with Gasteiger partial charge in [-0.3, -0.25) is 9.89 Å². The number of H-pyrrole nitrogens is 1. The Balaban J connectivity index is 2.69. The minimum absolute atomic E-state index is 0.363. The maximum Gasteiger partial charge on any atom is 0.309 e. The summed E-state index contributed by atoms with van der Waals surface area (Å²) in [5.41, 5.74) is -0.792. The number of aromatic nitrogens is 3. The molecule has 0 saturated carbocycles. The van der Waals surface area contributed by atoms with Crippen LogP contribution in [-0.4, -0.2) is 26.3 Å². The van der Waals surface area contributed by atoms with Gasteiger partial charge in [0.15, 0.2) is 0 Å². The molecule has 1 aromatic rings. The summed E-state index contributed by atoms with van der Waals surface area (Å²) in [6.45, 7) is 3.30. The number of nitrogens with one attached hydrogen (secondary N) is 1. The first-order chi connectivity index (χ1) is 5.52. The van der Waals surface area contributed by atoms with Gasteiger partial charge in [0.2, 0.25) is 0 Å². The summed E-state index contributed by atoms with van der Waals surface area (Å²) in [5.74, 6) is -0.235. The number of aliphatic carboxylic acids is 1. The van der Waals surface area contributed by atoms with Gasteiger partial charge < -0.3 is 5.11 Å². The van der Waals surface area contributed by atoms with Gasteiger partial charge in [-0.15, -0.1) is 0 Å². The molecule has 12 heavy (non-hydrogen) atoms. The van der Waals surface area contributed by atoms with E-state index < -0.39 is 11.4 Å². The highest BCUT2D eigenvalue weighted by molar-refractivity contribution is 5.73. The van der Waals surface area contributed by atoms with E-state index >= 15 is 0 Å². The van der Waals surface area contributed by atoms with Crippen molar-refractivity contribution < 1.29 is 9.90 Å². The molecule has 5 heteroatoms. The summed E-state index contributed by atoms with van der Waals surface area (Å²) in [5, 5.41) is 15.0. The summed E-state index contributed by atoms with van der Waals surface area (Å²) in [6, 6.07) is 0. The molecule has 0 amide bonds. The molecule has 0 aromatic carbocycles. The molecule has 0 fully saturated rings. The average Bonchev–Trinajstić information content (AvgIpc) is 2.38. The van der Waals surface area contributed by atoms with Crippen LogP contribution in [-0.2, 0) is 11.2 Å².